The lowest BCUT2D eigenvalue weighted by atomic mass is 9.86. The minimum Gasteiger partial charge on any atom is -0.493 e. The van der Waals surface area contributed by atoms with Crippen LogP contribution in [0.1, 0.15) is 36.9 Å². The van der Waals surface area contributed by atoms with E-state index in [1.165, 1.54) is 0 Å². The van der Waals surface area contributed by atoms with Crippen LogP contribution in [0, 0.1) is 0 Å². The number of benzene rings is 1. The highest BCUT2D eigenvalue weighted by Crippen LogP contribution is 2.41. The van der Waals surface area contributed by atoms with E-state index in [2.05, 4.69) is 4.90 Å². The molecule has 28 heavy (non-hydrogen) atoms. The second-order valence-electron chi connectivity index (χ2n) is 6.79. The van der Waals surface area contributed by atoms with E-state index in [1.54, 1.807) is 27.3 Å². The number of nitrogens with zero attached hydrogens (tertiary/aromatic N) is 1. The molecule has 1 unspecified atom stereocenters. The van der Waals surface area contributed by atoms with E-state index < -0.39 is 5.97 Å². The first-order valence-electron chi connectivity index (χ1n) is 9.59. The van der Waals surface area contributed by atoms with Crippen molar-refractivity contribution in [1.29, 1.82) is 0 Å². The van der Waals surface area contributed by atoms with Gasteiger partial charge in [-0.1, -0.05) is 0 Å². The lowest BCUT2D eigenvalue weighted by molar-refractivity contribution is -0.140. The Kier molecular flexibility index (Phi) is 6.57. The Morgan fingerprint density at radius 2 is 2.04 bits per heavy atom. The average Bonchev–Trinajstić information content (AvgIpc) is 2.70. The van der Waals surface area contributed by atoms with E-state index in [-0.39, 0.29) is 30.4 Å². The molecular formula is C21H27NO6. The first-order chi connectivity index (χ1) is 13.6. The van der Waals surface area contributed by atoms with Gasteiger partial charge >= 0.3 is 5.97 Å². The zero-order valence-electron chi connectivity index (χ0n) is 16.7. The van der Waals surface area contributed by atoms with Crippen LogP contribution in [0.5, 0.6) is 11.5 Å². The molecule has 7 heteroatoms. The Hall–Kier alpha value is -2.54. The fraction of sp³-hybridized carbons (Fsp3) is 0.524. The molecular weight excluding hydrogens is 362 g/mol. The minimum absolute atomic E-state index is 0.106. The third-order valence-electron chi connectivity index (χ3n) is 5.04. The van der Waals surface area contributed by atoms with Crippen molar-refractivity contribution in [1.82, 2.24) is 4.90 Å². The molecule has 0 fully saturated rings. The Balaban J connectivity index is 1.84. The topological polar surface area (TPSA) is 74.3 Å². The van der Waals surface area contributed by atoms with Crippen molar-refractivity contribution >= 4 is 11.8 Å². The standard InChI is InChI=1S/C21H27NO6/c1-4-27-21(24)16-13-22-7-6-14-10-20(28-9-5-8-25-2)19(26-3)11-15(14)17(22)12-18(16)23/h10-11,13,17H,4-9,12H2,1-3H3. The van der Waals surface area contributed by atoms with Crippen LogP contribution in [0.4, 0.5) is 0 Å². The van der Waals surface area contributed by atoms with Gasteiger partial charge in [-0.05, 0) is 36.6 Å². The number of Topliss-reactive ketones (excluding diaryl/α,β-unsaturated/α-hetero) is 1. The SMILES string of the molecule is CCOC(=O)C1=CN2CCc3cc(OCCCOC)c(OC)cc3C2CC1=O. The second kappa shape index (κ2) is 9.10. The van der Waals surface area contributed by atoms with Crippen molar-refractivity contribution in [2.75, 3.05) is 40.6 Å². The number of methoxy groups -OCH3 is 2. The van der Waals surface area contributed by atoms with Crippen LogP contribution in [0.3, 0.4) is 0 Å². The summed E-state index contributed by atoms with van der Waals surface area (Å²) in [6, 6.07) is 3.85. The van der Waals surface area contributed by atoms with Gasteiger partial charge in [0.25, 0.3) is 0 Å². The summed E-state index contributed by atoms with van der Waals surface area (Å²) >= 11 is 0. The molecule has 3 rings (SSSR count). The highest BCUT2D eigenvalue weighted by Gasteiger charge is 2.36. The van der Waals surface area contributed by atoms with E-state index in [0.29, 0.717) is 24.7 Å². The molecule has 1 atom stereocenters. The minimum atomic E-state index is -0.547. The summed E-state index contributed by atoms with van der Waals surface area (Å²) in [6.45, 7) is 3.89. The van der Waals surface area contributed by atoms with Crippen LogP contribution in [0.2, 0.25) is 0 Å². The number of hydrogen-bond donors (Lipinski definition) is 0. The van der Waals surface area contributed by atoms with Crippen LogP contribution >= 0.6 is 0 Å². The van der Waals surface area contributed by atoms with Crippen LogP contribution in [-0.4, -0.2) is 57.2 Å². The van der Waals surface area contributed by atoms with Gasteiger partial charge in [0.1, 0.15) is 5.57 Å². The first kappa shape index (κ1) is 20.2. The molecule has 1 aromatic rings. The van der Waals surface area contributed by atoms with Crippen molar-refractivity contribution in [2.45, 2.75) is 32.2 Å². The first-order valence-corrected chi connectivity index (χ1v) is 9.59. The number of ether oxygens (including phenoxy) is 4. The quantitative estimate of drug-likeness (QED) is 0.384. The molecule has 2 aliphatic heterocycles. The second-order valence-corrected chi connectivity index (χ2v) is 6.79. The fourth-order valence-corrected chi connectivity index (χ4v) is 3.67. The van der Waals surface area contributed by atoms with E-state index >= 15 is 0 Å². The van der Waals surface area contributed by atoms with Gasteiger partial charge in [-0.2, -0.15) is 0 Å². The zero-order chi connectivity index (χ0) is 20.1. The lowest BCUT2D eigenvalue weighted by Crippen LogP contribution is -2.38. The Morgan fingerprint density at radius 1 is 1.21 bits per heavy atom. The fourth-order valence-electron chi connectivity index (χ4n) is 3.67. The molecule has 0 amide bonds. The van der Waals surface area contributed by atoms with Gasteiger partial charge < -0.3 is 23.8 Å². The lowest BCUT2D eigenvalue weighted by Gasteiger charge is -2.39. The highest BCUT2D eigenvalue weighted by molar-refractivity contribution is 6.17. The van der Waals surface area contributed by atoms with E-state index in [0.717, 1.165) is 30.5 Å². The molecule has 0 saturated carbocycles. The number of carbonyl (C=O) groups is 2. The van der Waals surface area contributed by atoms with Gasteiger partial charge in [0.2, 0.25) is 0 Å². The molecule has 0 saturated heterocycles. The molecule has 0 radical (unpaired) electrons. The van der Waals surface area contributed by atoms with Crippen molar-refractivity contribution < 1.29 is 28.5 Å². The molecule has 0 bridgehead atoms. The number of carbonyl (C=O) groups excluding carboxylic acids is 2. The van der Waals surface area contributed by atoms with Gasteiger partial charge in [0.15, 0.2) is 17.3 Å². The molecule has 152 valence electrons. The monoisotopic (exact) mass is 389 g/mol. The Labute approximate surface area is 165 Å². The number of fused-ring (bicyclic) bond motifs is 3. The normalized spacial score (nSPS) is 18.1. The van der Waals surface area contributed by atoms with Gasteiger partial charge in [-0.3, -0.25) is 4.79 Å². The molecule has 0 aliphatic carbocycles. The highest BCUT2D eigenvalue weighted by atomic mass is 16.5. The summed E-state index contributed by atoms with van der Waals surface area (Å²) in [6.07, 6.45) is 3.49. The maximum Gasteiger partial charge on any atom is 0.343 e. The largest absolute Gasteiger partial charge is 0.493 e. The average molecular weight is 389 g/mol. The van der Waals surface area contributed by atoms with E-state index in [1.807, 2.05) is 12.1 Å². The van der Waals surface area contributed by atoms with Crippen LogP contribution in [0.15, 0.2) is 23.9 Å². The molecule has 7 nitrogen and oxygen atoms in total. The molecule has 0 N–H and O–H groups in total. The smallest absolute Gasteiger partial charge is 0.343 e. The third-order valence-corrected chi connectivity index (χ3v) is 5.04. The summed E-state index contributed by atoms with van der Waals surface area (Å²) in [4.78, 5) is 26.6. The summed E-state index contributed by atoms with van der Waals surface area (Å²) in [5.74, 6) is 0.613. The van der Waals surface area contributed by atoms with Crippen molar-refractivity contribution in [2.24, 2.45) is 0 Å². The molecule has 2 aliphatic rings. The number of esters is 1. The van der Waals surface area contributed by atoms with Crippen LogP contribution in [0.25, 0.3) is 0 Å². The van der Waals surface area contributed by atoms with Gasteiger partial charge in [-0.15, -0.1) is 0 Å². The zero-order valence-corrected chi connectivity index (χ0v) is 16.7. The molecule has 0 aromatic heterocycles. The molecule has 1 aromatic carbocycles. The van der Waals surface area contributed by atoms with Crippen molar-refractivity contribution in [3.05, 3.63) is 35.0 Å². The van der Waals surface area contributed by atoms with Crippen LogP contribution in [-0.2, 0) is 25.5 Å². The predicted octanol–water partition coefficient (Wildman–Crippen LogP) is 2.43. The summed E-state index contributed by atoms with van der Waals surface area (Å²) in [5.41, 5.74) is 2.32. The number of hydrogen-bond acceptors (Lipinski definition) is 7. The number of ketones is 1. The summed E-state index contributed by atoms with van der Waals surface area (Å²) in [5, 5.41) is 0. The molecule has 2 heterocycles. The van der Waals surface area contributed by atoms with Gasteiger partial charge in [0.05, 0.1) is 26.4 Å². The Bertz CT molecular complexity index is 772. The summed E-state index contributed by atoms with van der Waals surface area (Å²) in [7, 11) is 3.27. The van der Waals surface area contributed by atoms with Gasteiger partial charge in [-0.25, -0.2) is 4.79 Å². The molecule has 0 spiro atoms. The maximum atomic E-state index is 12.5. The number of rotatable bonds is 8. The van der Waals surface area contributed by atoms with Crippen molar-refractivity contribution in [3.63, 3.8) is 0 Å². The van der Waals surface area contributed by atoms with Crippen molar-refractivity contribution in [3.8, 4) is 11.5 Å². The van der Waals surface area contributed by atoms with E-state index in [4.69, 9.17) is 18.9 Å². The maximum absolute atomic E-state index is 12.5. The predicted molar refractivity (Wildman–Crippen MR) is 102 cm³/mol. The summed E-state index contributed by atoms with van der Waals surface area (Å²) < 4.78 is 21.4. The Morgan fingerprint density at radius 3 is 2.75 bits per heavy atom. The van der Waals surface area contributed by atoms with Gasteiger partial charge in [0, 0.05) is 39.3 Å². The van der Waals surface area contributed by atoms with E-state index in [9.17, 15) is 9.59 Å². The third kappa shape index (κ3) is 4.14. The van der Waals surface area contributed by atoms with Crippen LogP contribution < -0.4 is 9.47 Å².